The number of hydrogen-bond acceptors (Lipinski definition) is 3. The molecule has 1 aromatic carbocycles. The summed E-state index contributed by atoms with van der Waals surface area (Å²) < 4.78 is 5.43. The molecule has 1 heterocycles. The predicted molar refractivity (Wildman–Crippen MR) is 82.7 cm³/mol. The van der Waals surface area contributed by atoms with Crippen LogP contribution in [0.5, 0.6) is 0 Å². The quantitative estimate of drug-likeness (QED) is 0.626. The van der Waals surface area contributed by atoms with Gasteiger partial charge in [0, 0.05) is 27.4 Å². The van der Waals surface area contributed by atoms with Gasteiger partial charge in [-0.05, 0) is 25.0 Å². The van der Waals surface area contributed by atoms with Gasteiger partial charge in [-0.3, -0.25) is 4.79 Å². The number of alkyl halides is 1. The molecule has 0 unspecified atom stereocenters. The van der Waals surface area contributed by atoms with E-state index in [1.165, 1.54) is 0 Å². The van der Waals surface area contributed by atoms with Crippen molar-refractivity contribution in [3.05, 3.63) is 40.6 Å². The van der Waals surface area contributed by atoms with Gasteiger partial charge in [-0.1, -0.05) is 44.8 Å². The molecule has 0 fully saturated rings. The Kier molecular flexibility index (Phi) is 4.04. The van der Waals surface area contributed by atoms with Crippen LogP contribution in [0.3, 0.4) is 0 Å². The van der Waals surface area contributed by atoms with Crippen molar-refractivity contribution < 1.29 is 14.4 Å². The predicted octanol–water partition coefficient (Wildman–Crippen LogP) is 4.47. The molecule has 0 bridgehead atoms. The molecule has 1 N–H and O–H groups in total. The second kappa shape index (κ2) is 5.81. The van der Waals surface area contributed by atoms with Crippen molar-refractivity contribution in [2.75, 3.05) is 0 Å². The molecule has 21 heavy (non-hydrogen) atoms. The maximum absolute atomic E-state index is 11.2. The van der Waals surface area contributed by atoms with Gasteiger partial charge in [0.2, 0.25) is 0 Å². The molecule has 110 valence electrons. The van der Waals surface area contributed by atoms with Crippen molar-refractivity contribution in [1.29, 1.82) is 0 Å². The number of nitrogens with zero attached hydrogens (tertiary/aromatic N) is 1. The van der Waals surface area contributed by atoms with Crippen LogP contribution < -0.4 is 0 Å². The van der Waals surface area contributed by atoms with E-state index in [-0.39, 0.29) is 4.83 Å². The molecule has 2 atom stereocenters. The van der Waals surface area contributed by atoms with Gasteiger partial charge in [0.05, 0.1) is 5.92 Å². The molecule has 0 saturated carbocycles. The highest BCUT2D eigenvalue weighted by atomic mass is 79.9. The average Bonchev–Trinajstić information content (AvgIpc) is 2.79. The Morgan fingerprint density at radius 1 is 1.33 bits per heavy atom. The van der Waals surface area contributed by atoms with E-state index >= 15 is 0 Å². The summed E-state index contributed by atoms with van der Waals surface area (Å²) in [7, 11) is 0. The number of fused-ring (bicyclic) bond motifs is 1. The summed E-state index contributed by atoms with van der Waals surface area (Å²) >= 11 is 9.54. The minimum absolute atomic E-state index is 0.0498. The zero-order valence-corrected chi connectivity index (χ0v) is 13.4. The number of carboxylic acid groups (broad SMARTS) is 1. The fourth-order valence-corrected chi connectivity index (χ4v) is 3.51. The van der Waals surface area contributed by atoms with Crippen molar-refractivity contribution in [3.8, 4) is 11.3 Å². The van der Waals surface area contributed by atoms with E-state index in [2.05, 4.69) is 21.1 Å². The highest BCUT2D eigenvalue weighted by Crippen LogP contribution is 2.42. The van der Waals surface area contributed by atoms with Crippen LogP contribution in [0.1, 0.15) is 29.0 Å². The van der Waals surface area contributed by atoms with Crippen molar-refractivity contribution in [1.82, 2.24) is 5.16 Å². The van der Waals surface area contributed by atoms with E-state index < -0.39 is 11.9 Å². The molecular formula is C15H13BrClNO3. The summed E-state index contributed by atoms with van der Waals surface area (Å²) in [6, 6.07) is 7.38. The lowest BCUT2D eigenvalue weighted by Crippen LogP contribution is -2.15. The zero-order chi connectivity index (χ0) is 15.0. The lowest BCUT2D eigenvalue weighted by atomic mass is 10.0. The number of halogens is 2. The van der Waals surface area contributed by atoms with E-state index in [4.69, 9.17) is 16.1 Å². The van der Waals surface area contributed by atoms with Gasteiger partial charge in [0.15, 0.2) is 0 Å². The van der Waals surface area contributed by atoms with E-state index in [9.17, 15) is 9.90 Å². The monoisotopic (exact) mass is 369 g/mol. The Labute approximate surface area is 135 Å². The van der Waals surface area contributed by atoms with Crippen LogP contribution >= 0.6 is 27.5 Å². The van der Waals surface area contributed by atoms with Crippen LogP contribution in [0.25, 0.3) is 11.3 Å². The number of carbonyl (C=O) groups is 1. The molecule has 1 aliphatic carbocycles. The second-order valence-electron chi connectivity index (χ2n) is 5.16. The summed E-state index contributed by atoms with van der Waals surface area (Å²) in [5, 5.41) is 14.0. The van der Waals surface area contributed by atoms with Gasteiger partial charge in [0.25, 0.3) is 0 Å². The van der Waals surface area contributed by atoms with Crippen LogP contribution in [-0.2, 0) is 11.2 Å². The molecule has 3 rings (SSSR count). The van der Waals surface area contributed by atoms with Crippen LogP contribution in [0.2, 0.25) is 5.02 Å². The maximum Gasteiger partial charge on any atom is 0.306 e. The molecule has 0 amide bonds. The highest BCUT2D eigenvalue weighted by Gasteiger charge is 2.32. The molecule has 4 nitrogen and oxygen atoms in total. The summed E-state index contributed by atoms with van der Waals surface area (Å²) in [5.41, 5.74) is 2.64. The molecule has 0 radical (unpaired) electrons. The summed E-state index contributed by atoms with van der Waals surface area (Å²) in [5.74, 6) is -0.545. The number of aromatic nitrogens is 1. The molecule has 0 spiro atoms. The standard InChI is InChI=1S/C15H13BrClNO3/c16-11-6-3-9(15(19)20)7-12-13(11)14(18-21-12)8-1-4-10(17)5-2-8/h1-2,4-5,9,11H,3,6-7H2,(H,19,20)/t9-,11-/m1/s1. The van der Waals surface area contributed by atoms with E-state index in [0.717, 1.165) is 23.2 Å². The maximum atomic E-state index is 11.2. The molecule has 1 aromatic heterocycles. The van der Waals surface area contributed by atoms with Crippen LogP contribution in [0, 0.1) is 5.92 Å². The summed E-state index contributed by atoms with van der Waals surface area (Å²) in [6.45, 7) is 0. The summed E-state index contributed by atoms with van der Waals surface area (Å²) in [4.78, 5) is 11.3. The largest absolute Gasteiger partial charge is 0.481 e. The number of benzene rings is 1. The van der Waals surface area contributed by atoms with Gasteiger partial charge < -0.3 is 9.63 Å². The van der Waals surface area contributed by atoms with Gasteiger partial charge in [-0.25, -0.2) is 0 Å². The third kappa shape index (κ3) is 2.85. The third-order valence-corrected chi connectivity index (χ3v) is 4.95. The van der Waals surface area contributed by atoms with Crippen LogP contribution in [0.15, 0.2) is 28.8 Å². The molecule has 2 aromatic rings. The van der Waals surface area contributed by atoms with Crippen LogP contribution in [0.4, 0.5) is 0 Å². The fraction of sp³-hybridized carbons (Fsp3) is 0.333. The summed E-state index contributed by atoms with van der Waals surface area (Å²) in [6.07, 6.45) is 1.74. The Hall–Kier alpha value is -1.33. The molecular weight excluding hydrogens is 358 g/mol. The first kappa shape index (κ1) is 14.6. The Morgan fingerprint density at radius 2 is 2.05 bits per heavy atom. The SMILES string of the molecule is O=C(O)[C@@H]1CC[C@@H](Br)c2c(-c3ccc(Cl)cc3)noc2C1. The number of carboxylic acids is 1. The molecule has 0 aliphatic heterocycles. The fourth-order valence-electron chi connectivity index (χ4n) is 2.65. The first-order chi connectivity index (χ1) is 10.1. The number of aliphatic carboxylic acids is 1. The van der Waals surface area contributed by atoms with Crippen molar-refractivity contribution >= 4 is 33.5 Å². The van der Waals surface area contributed by atoms with Crippen LogP contribution in [-0.4, -0.2) is 16.2 Å². The molecule has 0 saturated heterocycles. The van der Waals surface area contributed by atoms with Gasteiger partial charge >= 0.3 is 5.97 Å². The molecule has 1 aliphatic rings. The lowest BCUT2D eigenvalue weighted by Gasteiger charge is -2.08. The average molecular weight is 371 g/mol. The number of rotatable bonds is 2. The second-order valence-corrected chi connectivity index (χ2v) is 6.70. The highest BCUT2D eigenvalue weighted by molar-refractivity contribution is 9.09. The Morgan fingerprint density at radius 3 is 2.71 bits per heavy atom. The minimum atomic E-state index is -0.785. The van der Waals surface area contributed by atoms with E-state index in [1.807, 2.05) is 12.1 Å². The normalized spacial score (nSPS) is 21.6. The topological polar surface area (TPSA) is 63.3 Å². The van der Waals surface area contributed by atoms with E-state index in [0.29, 0.717) is 23.6 Å². The van der Waals surface area contributed by atoms with Gasteiger partial charge in [0.1, 0.15) is 11.5 Å². The number of hydrogen-bond donors (Lipinski definition) is 1. The minimum Gasteiger partial charge on any atom is -0.481 e. The smallest absolute Gasteiger partial charge is 0.306 e. The van der Waals surface area contributed by atoms with Gasteiger partial charge in [-0.15, -0.1) is 0 Å². The van der Waals surface area contributed by atoms with Gasteiger partial charge in [-0.2, -0.15) is 0 Å². The lowest BCUT2D eigenvalue weighted by molar-refractivity contribution is -0.142. The first-order valence-corrected chi connectivity index (χ1v) is 7.97. The zero-order valence-electron chi connectivity index (χ0n) is 11.1. The van der Waals surface area contributed by atoms with Crippen molar-refractivity contribution in [2.24, 2.45) is 5.92 Å². The van der Waals surface area contributed by atoms with Crippen molar-refractivity contribution in [3.63, 3.8) is 0 Å². The third-order valence-electron chi connectivity index (χ3n) is 3.78. The Balaban J connectivity index is 2.03. The van der Waals surface area contributed by atoms with Crippen molar-refractivity contribution in [2.45, 2.75) is 24.1 Å². The Bertz CT molecular complexity index is 668. The van der Waals surface area contributed by atoms with E-state index in [1.54, 1.807) is 12.1 Å². The molecule has 6 heteroatoms. The first-order valence-electron chi connectivity index (χ1n) is 6.67.